The molecule has 0 spiro atoms. The van der Waals surface area contributed by atoms with E-state index >= 15 is 0 Å². The van der Waals surface area contributed by atoms with Crippen molar-refractivity contribution >= 4 is 10.0 Å². The van der Waals surface area contributed by atoms with Crippen LogP contribution in [-0.4, -0.2) is 40.5 Å². The number of aromatic nitrogens is 2. The van der Waals surface area contributed by atoms with Crippen molar-refractivity contribution in [1.82, 2.24) is 13.9 Å². The molecule has 0 unspecified atom stereocenters. The second-order valence-corrected chi connectivity index (χ2v) is 8.36. The zero-order chi connectivity index (χ0) is 17.3. The Morgan fingerprint density at radius 3 is 2.62 bits per heavy atom. The maximum Gasteiger partial charge on any atom is 0.243 e. The van der Waals surface area contributed by atoms with E-state index in [-0.39, 0.29) is 5.92 Å². The quantitative estimate of drug-likeness (QED) is 0.914. The van der Waals surface area contributed by atoms with E-state index in [4.69, 9.17) is 0 Å². The van der Waals surface area contributed by atoms with Crippen molar-refractivity contribution in [2.75, 3.05) is 13.1 Å². The number of hydrogen-bond donors (Lipinski definition) is 1. The van der Waals surface area contributed by atoms with Crippen LogP contribution in [0.15, 0.2) is 41.6 Å². The van der Waals surface area contributed by atoms with Gasteiger partial charge in [-0.2, -0.15) is 4.31 Å². The van der Waals surface area contributed by atoms with E-state index in [1.165, 1.54) is 4.31 Å². The summed E-state index contributed by atoms with van der Waals surface area (Å²) in [7, 11) is -1.70. The first-order chi connectivity index (χ1) is 11.4. The van der Waals surface area contributed by atoms with Gasteiger partial charge in [0.05, 0.1) is 4.90 Å². The highest BCUT2D eigenvalue weighted by Crippen LogP contribution is 2.31. The van der Waals surface area contributed by atoms with E-state index in [2.05, 4.69) is 4.98 Å². The Hall–Kier alpha value is -1.70. The molecule has 0 saturated carbocycles. The molecular formula is C17H23N3O3S. The van der Waals surface area contributed by atoms with Crippen molar-refractivity contribution in [2.24, 2.45) is 13.0 Å². The first-order valence-corrected chi connectivity index (χ1v) is 9.55. The lowest BCUT2D eigenvalue weighted by atomic mass is 9.93. The number of aliphatic hydroxyl groups is 1. The first-order valence-electron chi connectivity index (χ1n) is 8.11. The lowest BCUT2D eigenvalue weighted by molar-refractivity contribution is 0.0645. The summed E-state index contributed by atoms with van der Waals surface area (Å²) >= 11 is 0. The van der Waals surface area contributed by atoms with E-state index in [1.54, 1.807) is 41.2 Å². The van der Waals surface area contributed by atoms with Gasteiger partial charge in [0.15, 0.2) is 0 Å². The van der Waals surface area contributed by atoms with Crippen molar-refractivity contribution in [1.29, 1.82) is 0 Å². The Morgan fingerprint density at radius 2 is 2.00 bits per heavy atom. The van der Waals surface area contributed by atoms with Crippen molar-refractivity contribution in [3.05, 3.63) is 48.0 Å². The molecule has 1 saturated heterocycles. The fraction of sp³-hybridized carbons (Fsp3) is 0.471. The number of sulfonamides is 1. The molecule has 24 heavy (non-hydrogen) atoms. The Bertz CT molecular complexity index is 799. The lowest BCUT2D eigenvalue weighted by Gasteiger charge is -2.34. The molecule has 2 heterocycles. The average molecular weight is 349 g/mol. The fourth-order valence-electron chi connectivity index (χ4n) is 3.18. The lowest BCUT2D eigenvalue weighted by Crippen LogP contribution is -2.41. The minimum atomic E-state index is -3.53. The summed E-state index contributed by atoms with van der Waals surface area (Å²) in [5.74, 6) is 0.426. The van der Waals surface area contributed by atoms with Gasteiger partial charge in [-0.1, -0.05) is 17.7 Å². The molecule has 1 N–H and O–H groups in total. The van der Waals surface area contributed by atoms with E-state index in [0.29, 0.717) is 23.8 Å². The van der Waals surface area contributed by atoms with Crippen LogP contribution >= 0.6 is 0 Å². The SMILES string of the molecule is Cc1ccc(S(=O)(=O)N2CCC[C@H]([C@@H](O)c3nccn3C)C2)cc1. The summed E-state index contributed by atoms with van der Waals surface area (Å²) in [4.78, 5) is 4.50. The molecule has 1 aliphatic rings. The summed E-state index contributed by atoms with van der Waals surface area (Å²) in [6, 6.07) is 6.89. The normalized spacial score (nSPS) is 20.9. The fourth-order valence-corrected chi connectivity index (χ4v) is 4.72. The number of imidazole rings is 1. The van der Waals surface area contributed by atoms with Crippen LogP contribution in [0, 0.1) is 12.8 Å². The smallest absolute Gasteiger partial charge is 0.243 e. The minimum Gasteiger partial charge on any atom is -0.385 e. The summed E-state index contributed by atoms with van der Waals surface area (Å²) in [6.07, 6.45) is 4.18. The number of rotatable bonds is 4. The maximum atomic E-state index is 12.8. The topological polar surface area (TPSA) is 75.4 Å². The third-order valence-corrected chi connectivity index (χ3v) is 6.53. The van der Waals surface area contributed by atoms with Gasteiger partial charge in [0.2, 0.25) is 10.0 Å². The summed E-state index contributed by atoms with van der Waals surface area (Å²) < 4.78 is 28.9. The molecular weight excluding hydrogens is 326 g/mol. The van der Waals surface area contributed by atoms with Crippen LogP contribution in [-0.2, 0) is 17.1 Å². The van der Waals surface area contributed by atoms with Gasteiger partial charge in [-0.05, 0) is 31.9 Å². The molecule has 1 aromatic carbocycles. The number of piperidine rings is 1. The molecule has 2 aromatic rings. The van der Waals surface area contributed by atoms with E-state index in [0.717, 1.165) is 18.4 Å². The zero-order valence-electron chi connectivity index (χ0n) is 14.0. The Kier molecular flexibility index (Phi) is 4.76. The van der Waals surface area contributed by atoms with Crippen molar-refractivity contribution in [3.8, 4) is 0 Å². The average Bonchev–Trinajstić information content (AvgIpc) is 3.01. The van der Waals surface area contributed by atoms with Gasteiger partial charge >= 0.3 is 0 Å². The summed E-state index contributed by atoms with van der Waals surface area (Å²) in [6.45, 7) is 2.72. The van der Waals surface area contributed by atoms with Gasteiger partial charge in [-0.3, -0.25) is 0 Å². The summed E-state index contributed by atoms with van der Waals surface area (Å²) in [5.41, 5.74) is 1.02. The molecule has 130 valence electrons. The molecule has 0 radical (unpaired) electrons. The van der Waals surface area contributed by atoms with Crippen LogP contribution in [0.5, 0.6) is 0 Å². The molecule has 7 heteroatoms. The third-order valence-electron chi connectivity index (χ3n) is 4.65. The Balaban J connectivity index is 1.80. The van der Waals surface area contributed by atoms with E-state index in [9.17, 15) is 13.5 Å². The molecule has 0 amide bonds. The number of aliphatic hydroxyl groups excluding tert-OH is 1. The van der Waals surface area contributed by atoms with Gasteiger partial charge in [-0.15, -0.1) is 0 Å². The molecule has 6 nitrogen and oxygen atoms in total. The van der Waals surface area contributed by atoms with Crippen LogP contribution in [0.4, 0.5) is 0 Å². The van der Waals surface area contributed by atoms with Crippen LogP contribution in [0.3, 0.4) is 0 Å². The second kappa shape index (κ2) is 6.66. The van der Waals surface area contributed by atoms with Crippen molar-refractivity contribution < 1.29 is 13.5 Å². The van der Waals surface area contributed by atoms with Crippen molar-refractivity contribution in [3.63, 3.8) is 0 Å². The standard InChI is InChI=1S/C17H23N3O3S/c1-13-5-7-15(8-6-13)24(22,23)20-10-3-4-14(12-20)16(21)17-18-9-11-19(17)2/h5-9,11,14,16,21H,3-4,10,12H2,1-2H3/t14-,16+/m0/s1. The first kappa shape index (κ1) is 17.1. The number of hydrogen-bond acceptors (Lipinski definition) is 4. The Labute approximate surface area is 142 Å². The molecule has 2 atom stereocenters. The van der Waals surface area contributed by atoms with Crippen LogP contribution in [0.25, 0.3) is 0 Å². The van der Waals surface area contributed by atoms with Gasteiger partial charge in [-0.25, -0.2) is 13.4 Å². The largest absolute Gasteiger partial charge is 0.385 e. The predicted molar refractivity (Wildman–Crippen MR) is 90.8 cm³/mol. The number of nitrogens with zero attached hydrogens (tertiary/aromatic N) is 3. The van der Waals surface area contributed by atoms with Crippen LogP contribution in [0.1, 0.15) is 30.3 Å². The van der Waals surface area contributed by atoms with E-state index in [1.807, 2.05) is 14.0 Å². The molecule has 1 aliphatic heterocycles. The highest BCUT2D eigenvalue weighted by Gasteiger charge is 2.34. The van der Waals surface area contributed by atoms with Gasteiger partial charge in [0.25, 0.3) is 0 Å². The zero-order valence-corrected chi connectivity index (χ0v) is 14.8. The molecule has 3 rings (SSSR count). The molecule has 0 aliphatic carbocycles. The van der Waals surface area contributed by atoms with Crippen LogP contribution < -0.4 is 0 Å². The summed E-state index contributed by atoms with van der Waals surface area (Å²) in [5, 5.41) is 10.6. The highest BCUT2D eigenvalue weighted by molar-refractivity contribution is 7.89. The second-order valence-electron chi connectivity index (χ2n) is 6.42. The molecule has 1 fully saturated rings. The minimum absolute atomic E-state index is 0.153. The monoisotopic (exact) mass is 349 g/mol. The van der Waals surface area contributed by atoms with E-state index < -0.39 is 16.1 Å². The van der Waals surface area contributed by atoms with Gasteiger partial charge in [0, 0.05) is 38.4 Å². The molecule has 1 aromatic heterocycles. The third kappa shape index (κ3) is 3.24. The maximum absolute atomic E-state index is 12.8. The highest BCUT2D eigenvalue weighted by atomic mass is 32.2. The number of aryl methyl sites for hydroxylation is 2. The predicted octanol–water partition coefficient (Wildman–Crippen LogP) is 1.86. The molecule has 0 bridgehead atoms. The van der Waals surface area contributed by atoms with Gasteiger partial charge in [0.1, 0.15) is 11.9 Å². The van der Waals surface area contributed by atoms with Gasteiger partial charge < -0.3 is 9.67 Å². The number of benzene rings is 1. The van der Waals surface area contributed by atoms with Crippen LogP contribution in [0.2, 0.25) is 0 Å². The van der Waals surface area contributed by atoms with Crippen molar-refractivity contribution in [2.45, 2.75) is 30.8 Å². The Morgan fingerprint density at radius 1 is 1.29 bits per heavy atom.